The molecule has 4 aromatic rings. The molecule has 0 N–H and O–H groups in total. The first-order chi connectivity index (χ1) is 13.8. The number of methoxy groups -OCH3 is 1. The summed E-state index contributed by atoms with van der Waals surface area (Å²) in [5.74, 6) is -0.332. The standard InChI is InChI=1S/C26H20O2/c1-28-26(27)25-18-10-9-17-24(25)23-16-8-7-15-22(23)21-14-6-5-13-20(21)19-11-3-2-4-12-19/h2-18H,1H3. The van der Waals surface area contributed by atoms with E-state index in [0.717, 1.165) is 33.4 Å². The number of rotatable bonds is 4. The smallest absolute Gasteiger partial charge is 0.338 e. The molecule has 136 valence electrons. The first kappa shape index (κ1) is 17.7. The molecule has 0 radical (unpaired) electrons. The minimum atomic E-state index is -0.332. The van der Waals surface area contributed by atoms with Gasteiger partial charge >= 0.3 is 5.97 Å². The second-order valence-electron chi connectivity index (χ2n) is 6.49. The zero-order valence-electron chi connectivity index (χ0n) is 15.6. The van der Waals surface area contributed by atoms with Crippen molar-refractivity contribution in [3.63, 3.8) is 0 Å². The average molecular weight is 364 g/mol. The molecule has 0 aliphatic heterocycles. The molecule has 0 saturated heterocycles. The summed E-state index contributed by atoms with van der Waals surface area (Å²) in [6.07, 6.45) is 0. The number of hydrogen-bond acceptors (Lipinski definition) is 2. The van der Waals surface area contributed by atoms with Crippen LogP contribution in [0.4, 0.5) is 0 Å². The normalized spacial score (nSPS) is 10.5. The van der Waals surface area contributed by atoms with Gasteiger partial charge in [-0.05, 0) is 39.4 Å². The lowest BCUT2D eigenvalue weighted by molar-refractivity contribution is 0.0601. The van der Waals surface area contributed by atoms with Gasteiger partial charge < -0.3 is 4.74 Å². The Bertz CT molecular complexity index is 1110. The van der Waals surface area contributed by atoms with Crippen LogP contribution in [0.1, 0.15) is 10.4 Å². The van der Waals surface area contributed by atoms with Crippen LogP contribution in [0, 0.1) is 0 Å². The van der Waals surface area contributed by atoms with Gasteiger partial charge in [-0.1, -0.05) is 97.1 Å². The van der Waals surface area contributed by atoms with Crippen molar-refractivity contribution in [2.45, 2.75) is 0 Å². The van der Waals surface area contributed by atoms with Gasteiger partial charge in [-0.15, -0.1) is 0 Å². The van der Waals surface area contributed by atoms with Crippen LogP contribution in [0.25, 0.3) is 33.4 Å². The number of esters is 1. The largest absolute Gasteiger partial charge is 0.465 e. The van der Waals surface area contributed by atoms with E-state index in [1.54, 1.807) is 6.07 Å². The van der Waals surface area contributed by atoms with Crippen molar-refractivity contribution in [3.05, 3.63) is 109 Å². The molecule has 0 bridgehead atoms. The van der Waals surface area contributed by atoms with E-state index in [9.17, 15) is 4.79 Å². The first-order valence-electron chi connectivity index (χ1n) is 9.21. The SMILES string of the molecule is COC(=O)c1ccccc1-c1ccccc1-c1ccccc1-c1ccccc1. The molecule has 0 aromatic heterocycles. The highest BCUT2D eigenvalue weighted by atomic mass is 16.5. The Hall–Kier alpha value is -3.65. The minimum absolute atomic E-state index is 0.332. The number of carbonyl (C=O) groups is 1. The van der Waals surface area contributed by atoms with E-state index in [2.05, 4.69) is 42.5 Å². The molecular weight excluding hydrogens is 344 g/mol. The van der Waals surface area contributed by atoms with Crippen LogP contribution in [0.2, 0.25) is 0 Å². The van der Waals surface area contributed by atoms with Crippen molar-refractivity contribution in [2.24, 2.45) is 0 Å². The molecule has 0 atom stereocenters. The fraction of sp³-hybridized carbons (Fsp3) is 0.0385. The van der Waals surface area contributed by atoms with E-state index in [4.69, 9.17) is 4.74 Å². The molecule has 0 fully saturated rings. The van der Waals surface area contributed by atoms with Crippen LogP contribution in [-0.2, 0) is 4.74 Å². The summed E-state index contributed by atoms with van der Waals surface area (Å²) in [5.41, 5.74) is 6.97. The third kappa shape index (κ3) is 3.33. The zero-order chi connectivity index (χ0) is 19.3. The molecule has 2 nitrogen and oxygen atoms in total. The van der Waals surface area contributed by atoms with Gasteiger partial charge in [0.15, 0.2) is 0 Å². The van der Waals surface area contributed by atoms with Crippen LogP contribution in [0.3, 0.4) is 0 Å². The Labute approximate surface area is 165 Å². The van der Waals surface area contributed by atoms with Crippen LogP contribution in [0.5, 0.6) is 0 Å². The van der Waals surface area contributed by atoms with Gasteiger partial charge in [-0.25, -0.2) is 4.79 Å². The van der Waals surface area contributed by atoms with Crippen LogP contribution < -0.4 is 0 Å². The molecule has 0 heterocycles. The summed E-state index contributed by atoms with van der Waals surface area (Å²) in [6.45, 7) is 0. The Morgan fingerprint density at radius 2 is 0.964 bits per heavy atom. The maximum Gasteiger partial charge on any atom is 0.338 e. The fourth-order valence-electron chi connectivity index (χ4n) is 3.55. The summed E-state index contributed by atoms with van der Waals surface area (Å²) in [6, 6.07) is 34.5. The second kappa shape index (κ2) is 7.93. The van der Waals surface area contributed by atoms with E-state index in [1.165, 1.54) is 7.11 Å². The molecule has 0 unspecified atom stereocenters. The van der Waals surface area contributed by atoms with Gasteiger partial charge in [0.2, 0.25) is 0 Å². The van der Waals surface area contributed by atoms with Gasteiger partial charge in [0.1, 0.15) is 0 Å². The fourth-order valence-corrected chi connectivity index (χ4v) is 3.55. The molecule has 4 rings (SSSR count). The van der Waals surface area contributed by atoms with Gasteiger partial charge in [0, 0.05) is 0 Å². The molecule has 2 heteroatoms. The lowest BCUT2D eigenvalue weighted by atomic mass is 9.88. The third-order valence-electron chi connectivity index (χ3n) is 4.85. The molecular formula is C26H20O2. The summed E-state index contributed by atoms with van der Waals surface area (Å²) < 4.78 is 5.00. The van der Waals surface area contributed by atoms with Crippen molar-refractivity contribution in [3.8, 4) is 33.4 Å². The summed E-state index contributed by atoms with van der Waals surface area (Å²) in [5, 5.41) is 0. The van der Waals surface area contributed by atoms with E-state index >= 15 is 0 Å². The van der Waals surface area contributed by atoms with E-state index in [0.29, 0.717) is 5.56 Å². The number of benzene rings is 4. The number of ether oxygens (including phenoxy) is 1. The zero-order valence-corrected chi connectivity index (χ0v) is 15.6. The minimum Gasteiger partial charge on any atom is -0.465 e. The monoisotopic (exact) mass is 364 g/mol. The van der Waals surface area contributed by atoms with Gasteiger partial charge in [0.25, 0.3) is 0 Å². The van der Waals surface area contributed by atoms with Crippen molar-refractivity contribution in [2.75, 3.05) is 7.11 Å². The quantitative estimate of drug-likeness (QED) is 0.388. The Kier molecular flexibility index (Phi) is 5.03. The Balaban J connectivity index is 1.95. The van der Waals surface area contributed by atoms with Crippen LogP contribution in [0.15, 0.2) is 103 Å². The topological polar surface area (TPSA) is 26.3 Å². The average Bonchev–Trinajstić information content (AvgIpc) is 2.79. The summed E-state index contributed by atoms with van der Waals surface area (Å²) in [7, 11) is 1.41. The van der Waals surface area contributed by atoms with Crippen LogP contribution >= 0.6 is 0 Å². The van der Waals surface area contributed by atoms with E-state index in [-0.39, 0.29) is 5.97 Å². The summed E-state index contributed by atoms with van der Waals surface area (Å²) >= 11 is 0. The van der Waals surface area contributed by atoms with Gasteiger partial charge in [-0.3, -0.25) is 0 Å². The van der Waals surface area contributed by atoms with E-state index in [1.807, 2.05) is 54.6 Å². The third-order valence-corrected chi connectivity index (χ3v) is 4.85. The van der Waals surface area contributed by atoms with Crippen LogP contribution in [-0.4, -0.2) is 13.1 Å². The highest BCUT2D eigenvalue weighted by molar-refractivity contribution is 6.01. The molecule has 28 heavy (non-hydrogen) atoms. The predicted octanol–water partition coefficient (Wildman–Crippen LogP) is 6.47. The molecule has 0 spiro atoms. The molecule has 0 amide bonds. The lowest BCUT2D eigenvalue weighted by Gasteiger charge is -2.16. The van der Waals surface area contributed by atoms with E-state index < -0.39 is 0 Å². The Morgan fingerprint density at radius 1 is 0.536 bits per heavy atom. The maximum absolute atomic E-state index is 12.3. The van der Waals surface area contributed by atoms with Crippen molar-refractivity contribution < 1.29 is 9.53 Å². The molecule has 0 saturated carbocycles. The highest BCUT2D eigenvalue weighted by Crippen LogP contribution is 2.39. The predicted molar refractivity (Wildman–Crippen MR) is 114 cm³/mol. The molecule has 0 aliphatic rings. The van der Waals surface area contributed by atoms with Crippen molar-refractivity contribution in [1.82, 2.24) is 0 Å². The summed E-state index contributed by atoms with van der Waals surface area (Å²) in [4.78, 5) is 12.3. The second-order valence-corrected chi connectivity index (χ2v) is 6.49. The van der Waals surface area contributed by atoms with Crippen molar-refractivity contribution in [1.29, 1.82) is 0 Å². The highest BCUT2D eigenvalue weighted by Gasteiger charge is 2.17. The lowest BCUT2D eigenvalue weighted by Crippen LogP contribution is -2.03. The first-order valence-corrected chi connectivity index (χ1v) is 9.21. The van der Waals surface area contributed by atoms with Gasteiger partial charge in [0.05, 0.1) is 12.7 Å². The van der Waals surface area contributed by atoms with Crippen molar-refractivity contribution >= 4 is 5.97 Å². The Morgan fingerprint density at radius 3 is 1.57 bits per heavy atom. The molecule has 4 aromatic carbocycles. The molecule has 0 aliphatic carbocycles. The number of carbonyl (C=O) groups excluding carboxylic acids is 1. The maximum atomic E-state index is 12.3. The van der Waals surface area contributed by atoms with Gasteiger partial charge in [-0.2, -0.15) is 0 Å². The number of hydrogen-bond donors (Lipinski definition) is 0.